The molecule has 1 heterocycles. The number of ether oxygens (including phenoxy) is 1. The van der Waals surface area contributed by atoms with E-state index in [1.54, 1.807) is 0 Å². The molecule has 1 aromatic rings. The lowest BCUT2D eigenvalue weighted by Crippen LogP contribution is -2.17. The molecule has 1 aliphatic rings. The molecule has 0 aliphatic carbocycles. The van der Waals surface area contributed by atoms with E-state index < -0.39 is 0 Å². The first-order valence-electron chi connectivity index (χ1n) is 6.02. The Labute approximate surface area is 101 Å². The molecule has 0 atom stereocenters. The van der Waals surface area contributed by atoms with Crippen molar-refractivity contribution in [2.75, 3.05) is 23.8 Å². The quantitative estimate of drug-likeness (QED) is 0.844. The fourth-order valence-corrected chi connectivity index (χ4v) is 2.14. The SMILES string of the molecule is CCOc1ccc(NC(C)=O)c2c1CCCN2. The maximum Gasteiger partial charge on any atom is 0.221 e. The summed E-state index contributed by atoms with van der Waals surface area (Å²) in [7, 11) is 0. The van der Waals surface area contributed by atoms with Gasteiger partial charge < -0.3 is 15.4 Å². The third-order valence-electron chi connectivity index (χ3n) is 2.79. The molecule has 0 unspecified atom stereocenters. The number of hydrogen-bond donors (Lipinski definition) is 2. The van der Waals surface area contributed by atoms with Gasteiger partial charge in [-0.05, 0) is 31.9 Å². The summed E-state index contributed by atoms with van der Waals surface area (Å²) < 4.78 is 5.61. The van der Waals surface area contributed by atoms with Gasteiger partial charge in [0, 0.05) is 19.0 Å². The topological polar surface area (TPSA) is 50.4 Å². The van der Waals surface area contributed by atoms with Crippen molar-refractivity contribution in [3.8, 4) is 5.75 Å². The van der Waals surface area contributed by atoms with Crippen LogP contribution in [0.15, 0.2) is 12.1 Å². The molecule has 0 spiro atoms. The first-order valence-corrected chi connectivity index (χ1v) is 6.02. The normalized spacial score (nSPS) is 13.5. The zero-order valence-electron chi connectivity index (χ0n) is 10.3. The number of carbonyl (C=O) groups excluding carboxylic acids is 1. The summed E-state index contributed by atoms with van der Waals surface area (Å²) in [4.78, 5) is 11.1. The summed E-state index contributed by atoms with van der Waals surface area (Å²) in [6.45, 7) is 5.09. The van der Waals surface area contributed by atoms with Gasteiger partial charge in [-0.25, -0.2) is 0 Å². The summed E-state index contributed by atoms with van der Waals surface area (Å²) in [5.41, 5.74) is 3.03. The van der Waals surface area contributed by atoms with Crippen LogP contribution < -0.4 is 15.4 Å². The Bertz CT molecular complexity index is 430. The molecule has 1 amide bonds. The van der Waals surface area contributed by atoms with Crippen LogP contribution in [0.1, 0.15) is 25.8 Å². The van der Waals surface area contributed by atoms with Crippen LogP contribution in [0.25, 0.3) is 0 Å². The van der Waals surface area contributed by atoms with Gasteiger partial charge in [-0.3, -0.25) is 4.79 Å². The van der Waals surface area contributed by atoms with Crippen molar-refractivity contribution in [1.29, 1.82) is 0 Å². The van der Waals surface area contributed by atoms with E-state index in [4.69, 9.17) is 4.74 Å². The van der Waals surface area contributed by atoms with Crippen LogP contribution in [-0.2, 0) is 11.2 Å². The average Bonchev–Trinajstić information content (AvgIpc) is 2.32. The van der Waals surface area contributed by atoms with Gasteiger partial charge in [0.2, 0.25) is 5.91 Å². The molecule has 1 aromatic carbocycles. The largest absolute Gasteiger partial charge is 0.494 e. The summed E-state index contributed by atoms with van der Waals surface area (Å²) in [6.07, 6.45) is 2.09. The van der Waals surface area contributed by atoms with E-state index in [1.807, 2.05) is 19.1 Å². The second-order valence-electron chi connectivity index (χ2n) is 4.11. The monoisotopic (exact) mass is 234 g/mol. The van der Waals surface area contributed by atoms with E-state index in [9.17, 15) is 4.79 Å². The summed E-state index contributed by atoms with van der Waals surface area (Å²) >= 11 is 0. The molecule has 0 bridgehead atoms. The standard InChI is InChI=1S/C13H18N2O2/c1-3-17-12-7-6-11(15-9(2)16)13-10(12)5-4-8-14-13/h6-7,14H,3-5,8H2,1-2H3,(H,15,16). The second kappa shape index (κ2) is 5.08. The van der Waals surface area contributed by atoms with Crippen molar-refractivity contribution in [1.82, 2.24) is 0 Å². The summed E-state index contributed by atoms with van der Waals surface area (Å²) in [5, 5.41) is 6.19. The highest BCUT2D eigenvalue weighted by Gasteiger charge is 2.17. The third-order valence-corrected chi connectivity index (χ3v) is 2.79. The van der Waals surface area contributed by atoms with Gasteiger partial charge in [0.1, 0.15) is 5.75 Å². The predicted octanol–water partition coefficient (Wildman–Crippen LogP) is 2.40. The van der Waals surface area contributed by atoms with Crippen molar-refractivity contribution < 1.29 is 9.53 Å². The molecule has 92 valence electrons. The van der Waals surface area contributed by atoms with Crippen molar-refractivity contribution >= 4 is 17.3 Å². The van der Waals surface area contributed by atoms with Gasteiger partial charge >= 0.3 is 0 Å². The van der Waals surface area contributed by atoms with E-state index >= 15 is 0 Å². The molecule has 0 radical (unpaired) electrons. The van der Waals surface area contributed by atoms with E-state index in [0.29, 0.717) is 6.61 Å². The minimum absolute atomic E-state index is 0.0521. The van der Waals surface area contributed by atoms with Crippen LogP contribution in [-0.4, -0.2) is 19.1 Å². The molecule has 17 heavy (non-hydrogen) atoms. The Balaban J connectivity index is 2.39. The Kier molecular flexibility index (Phi) is 3.52. The van der Waals surface area contributed by atoms with Crippen LogP contribution >= 0.6 is 0 Å². The van der Waals surface area contributed by atoms with Gasteiger partial charge in [-0.2, -0.15) is 0 Å². The van der Waals surface area contributed by atoms with Crippen LogP contribution in [0.3, 0.4) is 0 Å². The van der Waals surface area contributed by atoms with Crippen LogP contribution in [0, 0.1) is 0 Å². The van der Waals surface area contributed by atoms with Crippen LogP contribution in [0.2, 0.25) is 0 Å². The molecular weight excluding hydrogens is 216 g/mol. The van der Waals surface area contributed by atoms with Crippen molar-refractivity contribution in [3.63, 3.8) is 0 Å². The third kappa shape index (κ3) is 2.52. The Morgan fingerprint density at radius 1 is 1.53 bits per heavy atom. The van der Waals surface area contributed by atoms with Gasteiger partial charge in [0.05, 0.1) is 18.0 Å². The summed E-state index contributed by atoms with van der Waals surface area (Å²) in [5.74, 6) is 0.868. The lowest BCUT2D eigenvalue weighted by atomic mass is 10.0. The molecule has 0 fully saturated rings. The number of anilines is 2. The van der Waals surface area contributed by atoms with Crippen LogP contribution in [0.4, 0.5) is 11.4 Å². The smallest absolute Gasteiger partial charge is 0.221 e. The number of nitrogens with one attached hydrogen (secondary N) is 2. The fraction of sp³-hybridized carbons (Fsp3) is 0.462. The molecule has 4 nitrogen and oxygen atoms in total. The maximum absolute atomic E-state index is 11.1. The second-order valence-corrected chi connectivity index (χ2v) is 4.11. The van der Waals surface area contributed by atoms with Gasteiger partial charge in [0.25, 0.3) is 0 Å². The predicted molar refractivity (Wildman–Crippen MR) is 68.7 cm³/mol. The van der Waals surface area contributed by atoms with Crippen molar-refractivity contribution in [3.05, 3.63) is 17.7 Å². The lowest BCUT2D eigenvalue weighted by molar-refractivity contribution is -0.114. The Morgan fingerprint density at radius 3 is 3.06 bits per heavy atom. The van der Waals surface area contributed by atoms with E-state index in [1.165, 1.54) is 12.5 Å². The first-order chi connectivity index (χ1) is 8.22. The Hall–Kier alpha value is -1.71. The lowest BCUT2D eigenvalue weighted by Gasteiger charge is -2.23. The highest BCUT2D eigenvalue weighted by atomic mass is 16.5. The van der Waals surface area contributed by atoms with E-state index in [0.717, 1.165) is 36.5 Å². The van der Waals surface area contributed by atoms with Gasteiger partial charge in [-0.15, -0.1) is 0 Å². The number of amides is 1. The highest BCUT2D eigenvalue weighted by molar-refractivity contribution is 5.94. The molecule has 0 saturated carbocycles. The number of carbonyl (C=O) groups is 1. The van der Waals surface area contributed by atoms with E-state index in [2.05, 4.69) is 10.6 Å². The minimum Gasteiger partial charge on any atom is -0.494 e. The van der Waals surface area contributed by atoms with Crippen LogP contribution in [0.5, 0.6) is 5.75 Å². The zero-order chi connectivity index (χ0) is 12.3. The van der Waals surface area contributed by atoms with Crippen molar-refractivity contribution in [2.45, 2.75) is 26.7 Å². The maximum atomic E-state index is 11.1. The first kappa shape index (κ1) is 11.8. The minimum atomic E-state index is -0.0521. The molecule has 1 aliphatic heterocycles. The molecule has 2 rings (SSSR count). The Morgan fingerprint density at radius 2 is 2.35 bits per heavy atom. The molecule has 0 saturated heterocycles. The number of hydrogen-bond acceptors (Lipinski definition) is 3. The molecular formula is C13H18N2O2. The van der Waals surface area contributed by atoms with Gasteiger partial charge in [0.15, 0.2) is 0 Å². The summed E-state index contributed by atoms with van der Waals surface area (Å²) in [6, 6.07) is 3.82. The zero-order valence-corrected chi connectivity index (χ0v) is 10.3. The number of benzene rings is 1. The average molecular weight is 234 g/mol. The van der Waals surface area contributed by atoms with E-state index in [-0.39, 0.29) is 5.91 Å². The molecule has 4 heteroatoms. The molecule has 0 aromatic heterocycles. The molecule has 2 N–H and O–H groups in total. The van der Waals surface area contributed by atoms with Crippen molar-refractivity contribution in [2.24, 2.45) is 0 Å². The number of fused-ring (bicyclic) bond motifs is 1. The number of rotatable bonds is 3. The van der Waals surface area contributed by atoms with Gasteiger partial charge in [-0.1, -0.05) is 0 Å². The highest BCUT2D eigenvalue weighted by Crippen LogP contribution is 2.37. The fourth-order valence-electron chi connectivity index (χ4n) is 2.14.